The molecule has 0 saturated heterocycles. The van der Waals surface area contributed by atoms with Crippen molar-refractivity contribution < 1.29 is 18.7 Å². The van der Waals surface area contributed by atoms with Crippen LogP contribution in [0.5, 0.6) is 0 Å². The van der Waals surface area contributed by atoms with Crippen LogP contribution >= 0.6 is 0 Å². The molecule has 1 N–H and O–H groups in total. The molecule has 1 amide bonds. The summed E-state index contributed by atoms with van der Waals surface area (Å²) >= 11 is 0. The maximum absolute atomic E-state index is 13.2. The van der Waals surface area contributed by atoms with E-state index in [4.69, 9.17) is 5.11 Å². The first kappa shape index (κ1) is 15.9. The second-order valence-corrected chi connectivity index (χ2v) is 5.60. The normalized spacial score (nSPS) is 18.4. The van der Waals surface area contributed by atoms with Crippen molar-refractivity contribution in [2.45, 2.75) is 38.2 Å². The first-order chi connectivity index (χ1) is 10.0. The Kier molecular flexibility index (Phi) is 5.28. The molecule has 116 valence electrons. The largest absolute Gasteiger partial charge is 0.395 e. The zero-order chi connectivity index (χ0) is 15.3. The molecule has 2 rings (SSSR count). The lowest BCUT2D eigenvalue weighted by atomic mass is 9.86. The number of aliphatic hydroxyl groups excluding tert-OH is 1. The SMILES string of the molecule is O=C(C1CCC(F)(F)CC1)N(CCO)Cc1ccccc1. The minimum Gasteiger partial charge on any atom is -0.395 e. The van der Waals surface area contributed by atoms with Crippen molar-refractivity contribution >= 4 is 5.91 Å². The molecule has 0 aliphatic heterocycles. The third-order valence-corrected chi connectivity index (χ3v) is 3.96. The van der Waals surface area contributed by atoms with E-state index in [0.29, 0.717) is 6.54 Å². The Morgan fingerprint density at radius 1 is 1.24 bits per heavy atom. The number of carbonyl (C=O) groups is 1. The number of nitrogens with zero attached hydrogens (tertiary/aromatic N) is 1. The summed E-state index contributed by atoms with van der Waals surface area (Å²) in [4.78, 5) is 14.0. The fraction of sp³-hybridized carbons (Fsp3) is 0.562. The maximum atomic E-state index is 13.2. The second-order valence-electron chi connectivity index (χ2n) is 5.60. The Morgan fingerprint density at radius 2 is 1.86 bits per heavy atom. The molecule has 21 heavy (non-hydrogen) atoms. The molecule has 0 aromatic heterocycles. The summed E-state index contributed by atoms with van der Waals surface area (Å²) in [6.45, 7) is 0.523. The lowest BCUT2D eigenvalue weighted by Crippen LogP contribution is -2.40. The van der Waals surface area contributed by atoms with E-state index >= 15 is 0 Å². The van der Waals surface area contributed by atoms with Crippen molar-refractivity contribution in [2.75, 3.05) is 13.2 Å². The number of hydrogen-bond donors (Lipinski definition) is 1. The van der Waals surface area contributed by atoms with Crippen molar-refractivity contribution in [3.8, 4) is 0 Å². The molecular formula is C16H21F2NO2. The van der Waals surface area contributed by atoms with Crippen LogP contribution in [0.1, 0.15) is 31.2 Å². The predicted octanol–water partition coefficient (Wildman–Crippen LogP) is 2.83. The molecule has 3 nitrogen and oxygen atoms in total. The summed E-state index contributed by atoms with van der Waals surface area (Å²) in [5, 5.41) is 9.13. The Hall–Kier alpha value is -1.49. The molecule has 1 aliphatic carbocycles. The van der Waals surface area contributed by atoms with Crippen molar-refractivity contribution in [1.29, 1.82) is 0 Å². The average molecular weight is 297 g/mol. The van der Waals surface area contributed by atoms with Crippen molar-refractivity contribution in [2.24, 2.45) is 5.92 Å². The van der Waals surface area contributed by atoms with Gasteiger partial charge in [0.15, 0.2) is 0 Å². The molecule has 0 radical (unpaired) electrons. The van der Waals surface area contributed by atoms with E-state index in [0.717, 1.165) is 5.56 Å². The van der Waals surface area contributed by atoms with Gasteiger partial charge >= 0.3 is 0 Å². The van der Waals surface area contributed by atoms with Gasteiger partial charge in [-0.2, -0.15) is 0 Å². The Morgan fingerprint density at radius 3 is 2.43 bits per heavy atom. The van der Waals surface area contributed by atoms with Gasteiger partial charge in [0.25, 0.3) is 0 Å². The monoisotopic (exact) mass is 297 g/mol. The first-order valence-corrected chi connectivity index (χ1v) is 7.33. The number of halogens is 2. The van der Waals surface area contributed by atoms with Crippen LogP contribution in [0.2, 0.25) is 0 Å². The highest BCUT2D eigenvalue weighted by Gasteiger charge is 2.38. The molecule has 0 unspecified atom stereocenters. The highest BCUT2D eigenvalue weighted by Crippen LogP contribution is 2.36. The van der Waals surface area contributed by atoms with Crippen LogP contribution in [0.15, 0.2) is 30.3 Å². The van der Waals surface area contributed by atoms with E-state index in [-0.39, 0.29) is 50.7 Å². The van der Waals surface area contributed by atoms with Crippen LogP contribution < -0.4 is 0 Å². The minimum atomic E-state index is -2.63. The fourth-order valence-corrected chi connectivity index (χ4v) is 2.74. The number of amides is 1. The lowest BCUT2D eigenvalue weighted by molar-refractivity contribution is -0.140. The van der Waals surface area contributed by atoms with Gasteiger partial charge in [-0.15, -0.1) is 0 Å². The topological polar surface area (TPSA) is 40.5 Å². The molecule has 1 aliphatic rings. The van der Waals surface area contributed by atoms with Crippen LogP contribution in [0.3, 0.4) is 0 Å². The van der Waals surface area contributed by atoms with Crippen molar-refractivity contribution in [3.63, 3.8) is 0 Å². The number of benzene rings is 1. The van der Waals surface area contributed by atoms with Gasteiger partial charge in [-0.3, -0.25) is 4.79 Å². The minimum absolute atomic E-state index is 0.122. The van der Waals surface area contributed by atoms with Gasteiger partial charge in [0.2, 0.25) is 11.8 Å². The molecule has 1 saturated carbocycles. The fourth-order valence-electron chi connectivity index (χ4n) is 2.74. The van der Waals surface area contributed by atoms with E-state index in [1.54, 1.807) is 4.90 Å². The summed E-state index contributed by atoms with van der Waals surface area (Å²) < 4.78 is 26.3. The molecule has 0 spiro atoms. The van der Waals surface area contributed by atoms with E-state index in [1.165, 1.54) is 0 Å². The standard InChI is InChI=1S/C16H21F2NO2/c17-16(18)8-6-14(7-9-16)15(21)19(10-11-20)12-13-4-2-1-3-5-13/h1-5,14,20H,6-12H2. The van der Waals surface area contributed by atoms with Crippen LogP contribution in [-0.2, 0) is 11.3 Å². The van der Waals surface area contributed by atoms with Gasteiger partial charge < -0.3 is 10.0 Å². The zero-order valence-electron chi connectivity index (χ0n) is 12.0. The Balaban J connectivity index is 1.99. The van der Waals surface area contributed by atoms with E-state index in [9.17, 15) is 13.6 Å². The van der Waals surface area contributed by atoms with Crippen molar-refractivity contribution in [3.05, 3.63) is 35.9 Å². The number of carbonyl (C=O) groups excluding carboxylic acids is 1. The molecule has 0 bridgehead atoms. The third kappa shape index (κ3) is 4.49. The van der Waals surface area contributed by atoms with E-state index in [1.807, 2.05) is 30.3 Å². The smallest absolute Gasteiger partial charge is 0.248 e. The van der Waals surface area contributed by atoms with Gasteiger partial charge in [0.05, 0.1) is 6.61 Å². The van der Waals surface area contributed by atoms with E-state index in [2.05, 4.69) is 0 Å². The maximum Gasteiger partial charge on any atom is 0.248 e. The predicted molar refractivity (Wildman–Crippen MR) is 75.8 cm³/mol. The third-order valence-electron chi connectivity index (χ3n) is 3.96. The molecule has 5 heteroatoms. The summed E-state index contributed by atoms with van der Waals surface area (Å²) in [5.41, 5.74) is 0.973. The molecule has 0 heterocycles. The van der Waals surface area contributed by atoms with Crippen LogP contribution in [0, 0.1) is 5.92 Å². The van der Waals surface area contributed by atoms with Gasteiger partial charge in [-0.25, -0.2) is 8.78 Å². The van der Waals surface area contributed by atoms with Crippen molar-refractivity contribution in [1.82, 2.24) is 4.90 Å². The number of aliphatic hydroxyl groups is 1. The van der Waals surface area contributed by atoms with Gasteiger partial charge in [0.1, 0.15) is 0 Å². The molecule has 1 aromatic rings. The van der Waals surface area contributed by atoms with E-state index < -0.39 is 5.92 Å². The molecule has 0 atom stereocenters. The van der Waals surface area contributed by atoms with Gasteiger partial charge in [-0.05, 0) is 18.4 Å². The number of hydrogen-bond acceptors (Lipinski definition) is 2. The highest BCUT2D eigenvalue weighted by atomic mass is 19.3. The summed E-state index contributed by atoms with van der Waals surface area (Å²) in [6.07, 6.45) is 0.00845. The lowest BCUT2D eigenvalue weighted by Gasteiger charge is -2.32. The van der Waals surface area contributed by atoms with Gasteiger partial charge in [0, 0.05) is 31.8 Å². The number of alkyl halides is 2. The zero-order valence-corrected chi connectivity index (χ0v) is 12.0. The molecule has 1 aromatic carbocycles. The quantitative estimate of drug-likeness (QED) is 0.908. The van der Waals surface area contributed by atoms with Crippen LogP contribution in [0.4, 0.5) is 8.78 Å². The van der Waals surface area contributed by atoms with Crippen LogP contribution in [-0.4, -0.2) is 35.0 Å². The average Bonchev–Trinajstić information content (AvgIpc) is 2.47. The Bertz CT molecular complexity index is 455. The highest BCUT2D eigenvalue weighted by molar-refractivity contribution is 5.79. The Labute approximate surface area is 123 Å². The summed E-state index contributed by atoms with van der Waals surface area (Å²) in [6, 6.07) is 9.49. The first-order valence-electron chi connectivity index (χ1n) is 7.33. The molecular weight excluding hydrogens is 276 g/mol. The second kappa shape index (κ2) is 6.98. The summed E-state index contributed by atoms with van der Waals surface area (Å²) in [7, 11) is 0. The molecule has 1 fully saturated rings. The number of rotatable bonds is 5. The summed E-state index contributed by atoms with van der Waals surface area (Å²) in [5.74, 6) is -3.10. The van der Waals surface area contributed by atoms with Gasteiger partial charge in [-0.1, -0.05) is 30.3 Å². The van der Waals surface area contributed by atoms with Crippen LogP contribution in [0.25, 0.3) is 0 Å².